The van der Waals surface area contributed by atoms with Gasteiger partial charge in [0, 0.05) is 22.2 Å². The maximum atomic E-state index is 12.5. The third kappa shape index (κ3) is 2.88. The highest BCUT2D eigenvalue weighted by atomic mass is 16.2. The minimum Gasteiger partial charge on any atom is -0.350 e. The Morgan fingerprint density at radius 3 is 2.35 bits per heavy atom. The number of Topliss-reactive ketones (excluding diaryl/α,β-unsaturated/α-hetero) is 1. The normalized spacial score (nSPS) is 10.7. The molecule has 23 heavy (non-hydrogen) atoms. The van der Waals surface area contributed by atoms with Crippen LogP contribution in [0.15, 0.2) is 42.5 Å². The van der Waals surface area contributed by atoms with Gasteiger partial charge in [0.2, 0.25) is 0 Å². The number of amides is 1. The van der Waals surface area contributed by atoms with Crippen molar-refractivity contribution in [3.63, 3.8) is 0 Å². The maximum absolute atomic E-state index is 12.5. The Balaban J connectivity index is 1.88. The van der Waals surface area contributed by atoms with E-state index in [4.69, 9.17) is 0 Å². The number of nitrogens with one attached hydrogen (secondary N) is 2. The fourth-order valence-electron chi connectivity index (χ4n) is 2.66. The molecule has 0 spiro atoms. The molecule has 0 aliphatic rings. The number of fused-ring (bicyclic) bond motifs is 1. The van der Waals surface area contributed by atoms with Gasteiger partial charge in [0.25, 0.3) is 5.91 Å². The minimum atomic E-state index is -0.188. The van der Waals surface area contributed by atoms with Gasteiger partial charge in [0.15, 0.2) is 5.78 Å². The predicted molar refractivity (Wildman–Crippen MR) is 92.2 cm³/mol. The lowest BCUT2D eigenvalue weighted by atomic mass is 10.1. The van der Waals surface area contributed by atoms with Crippen LogP contribution >= 0.6 is 0 Å². The average molecular weight is 306 g/mol. The van der Waals surface area contributed by atoms with E-state index in [1.54, 1.807) is 24.3 Å². The second-order valence-electron chi connectivity index (χ2n) is 5.76. The first kappa shape index (κ1) is 15.0. The van der Waals surface area contributed by atoms with E-state index in [9.17, 15) is 9.59 Å². The monoisotopic (exact) mass is 306 g/mol. The van der Waals surface area contributed by atoms with E-state index in [1.807, 2.05) is 32.0 Å². The molecule has 0 saturated carbocycles. The summed E-state index contributed by atoms with van der Waals surface area (Å²) in [6.07, 6.45) is 0. The molecule has 0 saturated heterocycles. The quantitative estimate of drug-likeness (QED) is 0.711. The molecule has 0 atom stereocenters. The Bertz CT molecular complexity index is 905. The zero-order chi connectivity index (χ0) is 16.6. The Morgan fingerprint density at radius 2 is 1.70 bits per heavy atom. The van der Waals surface area contributed by atoms with Gasteiger partial charge in [-0.25, -0.2) is 0 Å². The smallest absolute Gasteiger partial charge is 0.272 e. The molecule has 0 aliphatic carbocycles. The van der Waals surface area contributed by atoms with Gasteiger partial charge < -0.3 is 10.3 Å². The van der Waals surface area contributed by atoms with E-state index in [0.717, 1.165) is 22.0 Å². The van der Waals surface area contributed by atoms with Crippen LogP contribution in [-0.4, -0.2) is 16.7 Å². The van der Waals surface area contributed by atoms with Gasteiger partial charge in [-0.15, -0.1) is 0 Å². The van der Waals surface area contributed by atoms with Crippen molar-refractivity contribution >= 4 is 28.3 Å². The average Bonchev–Trinajstić information content (AvgIpc) is 2.84. The first-order chi connectivity index (χ1) is 11.0. The summed E-state index contributed by atoms with van der Waals surface area (Å²) in [4.78, 5) is 27.0. The number of hydrogen-bond donors (Lipinski definition) is 2. The van der Waals surface area contributed by atoms with Crippen LogP contribution in [0.4, 0.5) is 5.69 Å². The summed E-state index contributed by atoms with van der Waals surface area (Å²) >= 11 is 0. The fraction of sp³-hybridized carbons (Fsp3) is 0.158. The molecule has 3 aromatic rings. The van der Waals surface area contributed by atoms with Crippen LogP contribution in [0.2, 0.25) is 0 Å². The highest BCUT2D eigenvalue weighted by molar-refractivity contribution is 6.08. The zero-order valence-corrected chi connectivity index (χ0v) is 13.4. The fourth-order valence-corrected chi connectivity index (χ4v) is 2.66. The summed E-state index contributed by atoms with van der Waals surface area (Å²) in [5.74, 6) is -0.184. The topological polar surface area (TPSA) is 62.0 Å². The van der Waals surface area contributed by atoms with E-state index < -0.39 is 0 Å². The molecule has 0 aliphatic heterocycles. The molecule has 0 bridgehead atoms. The molecule has 1 aromatic heterocycles. The van der Waals surface area contributed by atoms with E-state index >= 15 is 0 Å². The summed E-state index contributed by atoms with van der Waals surface area (Å²) in [5, 5.41) is 3.91. The van der Waals surface area contributed by atoms with Crippen molar-refractivity contribution < 1.29 is 9.59 Å². The van der Waals surface area contributed by atoms with Crippen LogP contribution in [-0.2, 0) is 0 Å². The van der Waals surface area contributed by atoms with Crippen molar-refractivity contribution in [3.8, 4) is 0 Å². The minimum absolute atomic E-state index is 0.00436. The maximum Gasteiger partial charge on any atom is 0.272 e. The van der Waals surface area contributed by atoms with Gasteiger partial charge in [0.05, 0.1) is 0 Å². The van der Waals surface area contributed by atoms with Crippen LogP contribution in [0, 0.1) is 13.8 Å². The molecule has 0 fully saturated rings. The molecule has 4 nitrogen and oxygen atoms in total. The van der Waals surface area contributed by atoms with Crippen LogP contribution in [0.25, 0.3) is 10.9 Å². The molecule has 0 unspecified atom stereocenters. The molecular formula is C19H18N2O2. The highest BCUT2D eigenvalue weighted by Gasteiger charge is 2.15. The van der Waals surface area contributed by atoms with Crippen LogP contribution in [0.5, 0.6) is 0 Å². The third-order valence-corrected chi connectivity index (χ3v) is 3.99. The summed E-state index contributed by atoms with van der Waals surface area (Å²) in [6, 6.07) is 13.0. The van der Waals surface area contributed by atoms with Crippen LogP contribution in [0.1, 0.15) is 38.9 Å². The molecule has 4 heteroatoms. The Morgan fingerprint density at radius 1 is 1.00 bits per heavy atom. The Hall–Kier alpha value is -2.88. The molecule has 1 heterocycles. The van der Waals surface area contributed by atoms with E-state index in [-0.39, 0.29) is 11.7 Å². The van der Waals surface area contributed by atoms with Crippen molar-refractivity contribution in [3.05, 3.63) is 64.8 Å². The predicted octanol–water partition coefficient (Wildman–Crippen LogP) is 4.24. The number of aromatic nitrogens is 1. The van der Waals surface area contributed by atoms with Crippen LogP contribution < -0.4 is 5.32 Å². The lowest BCUT2D eigenvalue weighted by molar-refractivity contribution is 0.101. The van der Waals surface area contributed by atoms with Crippen molar-refractivity contribution in [2.24, 2.45) is 0 Å². The molecular weight excluding hydrogens is 288 g/mol. The largest absolute Gasteiger partial charge is 0.350 e. The highest BCUT2D eigenvalue weighted by Crippen LogP contribution is 2.23. The standard InChI is InChI=1S/C19H18N2O2/c1-11-4-9-16-12(2)18(21-17(16)10-11)19(23)20-15-7-5-14(6-8-15)13(3)22/h4-10,21H,1-3H3,(H,20,23). The van der Waals surface area contributed by atoms with Crippen molar-refractivity contribution in [2.75, 3.05) is 5.32 Å². The Labute approximate surface area is 134 Å². The van der Waals surface area contributed by atoms with E-state index in [0.29, 0.717) is 16.9 Å². The second kappa shape index (κ2) is 5.72. The van der Waals surface area contributed by atoms with Crippen molar-refractivity contribution in [1.82, 2.24) is 4.98 Å². The number of rotatable bonds is 3. The van der Waals surface area contributed by atoms with Gasteiger partial charge in [-0.3, -0.25) is 9.59 Å². The second-order valence-corrected chi connectivity index (χ2v) is 5.76. The van der Waals surface area contributed by atoms with E-state index in [2.05, 4.69) is 10.3 Å². The SMILES string of the molecule is CC(=O)c1ccc(NC(=O)c2[nH]c3cc(C)ccc3c2C)cc1. The lowest BCUT2D eigenvalue weighted by Gasteiger charge is -2.05. The number of carbonyl (C=O) groups excluding carboxylic acids is 2. The van der Waals surface area contributed by atoms with E-state index in [1.165, 1.54) is 6.92 Å². The third-order valence-electron chi connectivity index (χ3n) is 3.99. The number of carbonyl (C=O) groups is 2. The van der Waals surface area contributed by atoms with Crippen molar-refractivity contribution in [1.29, 1.82) is 0 Å². The summed E-state index contributed by atoms with van der Waals surface area (Å²) in [5.41, 5.74) is 4.87. The first-order valence-corrected chi connectivity index (χ1v) is 7.47. The summed E-state index contributed by atoms with van der Waals surface area (Å²) < 4.78 is 0. The number of aryl methyl sites for hydroxylation is 2. The molecule has 0 radical (unpaired) electrons. The molecule has 1 amide bonds. The zero-order valence-electron chi connectivity index (χ0n) is 13.4. The van der Waals surface area contributed by atoms with Crippen LogP contribution in [0.3, 0.4) is 0 Å². The lowest BCUT2D eigenvalue weighted by Crippen LogP contribution is -2.13. The van der Waals surface area contributed by atoms with Gasteiger partial charge in [0.1, 0.15) is 5.69 Å². The van der Waals surface area contributed by atoms with Gasteiger partial charge >= 0.3 is 0 Å². The van der Waals surface area contributed by atoms with Gasteiger partial charge in [-0.2, -0.15) is 0 Å². The summed E-state index contributed by atoms with van der Waals surface area (Å²) in [6.45, 7) is 5.47. The number of aromatic amines is 1. The molecule has 2 N–H and O–H groups in total. The molecule has 3 rings (SSSR count). The summed E-state index contributed by atoms with van der Waals surface area (Å²) in [7, 11) is 0. The van der Waals surface area contributed by atoms with Gasteiger partial charge in [-0.05, 0) is 62.2 Å². The Kier molecular flexibility index (Phi) is 3.74. The first-order valence-electron chi connectivity index (χ1n) is 7.47. The number of hydrogen-bond acceptors (Lipinski definition) is 2. The number of benzene rings is 2. The van der Waals surface area contributed by atoms with Crippen molar-refractivity contribution in [2.45, 2.75) is 20.8 Å². The molecule has 116 valence electrons. The van der Waals surface area contributed by atoms with Gasteiger partial charge in [-0.1, -0.05) is 12.1 Å². The number of anilines is 1. The number of ketones is 1. The number of H-pyrrole nitrogens is 1. The molecule has 2 aromatic carbocycles.